The molecule has 0 aliphatic carbocycles. The second-order valence-corrected chi connectivity index (χ2v) is 8.67. The van der Waals surface area contributed by atoms with Crippen LogP contribution in [0.4, 0.5) is 5.69 Å². The number of nitro groups is 1. The van der Waals surface area contributed by atoms with Crippen LogP contribution in [0.5, 0.6) is 0 Å². The van der Waals surface area contributed by atoms with Gasteiger partial charge in [-0.15, -0.1) is 22.0 Å². The molecule has 0 N–H and O–H groups in total. The Balaban J connectivity index is 1.54. The molecule has 0 saturated heterocycles. The molecule has 32 heavy (non-hydrogen) atoms. The zero-order chi connectivity index (χ0) is 23.0. The maximum atomic E-state index is 12.6. The number of ether oxygens (including phenoxy) is 1. The Morgan fingerprint density at radius 2 is 1.94 bits per heavy atom. The SMILES string of the molecule is Cc1ccc2c(c1)c(=O)n(C)c1nnc(COC(=O)C(C)Sc3ccc([N+](=O)[O-])cc3)n21. The van der Waals surface area contributed by atoms with E-state index in [-0.39, 0.29) is 17.9 Å². The van der Waals surface area contributed by atoms with Gasteiger partial charge < -0.3 is 4.74 Å². The van der Waals surface area contributed by atoms with Crippen LogP contribution in [0, 0.1) is 17.0 Å². The predicted molar refractivity (Wildman–Crippen MR) is 119 cm³/mol. The lowest BCUT2D eigenvalue weighted by Gasteiger charge is -2.12. The predicted octanol–water partition coefficient (Wildman–Crippen LogP) is 3.02. The Kier molecular flexibility index (Phi) is 5.66. The Bertz CT molecular complexity index is 1410. The van der Waals surface area contributed by atoms with Gasteiger partial charge in [0, 0.05) is 24.1 Å². The molecular weight excluding hydrogens is 434 g/mol. The first-order chi connectivity index (χ1) is 15.3. The van der Waals surface area contributed by atoms with Gasteiger partial charge in [0.05, 0.1) is 15.8 Å². The molecule has 2 aromatic carbocycles. The van der Waals surface area contributed by atoms with Crippen molar-refractivity contribution in [1.29, 1.82) is 0 Å². The van der Waals surface area contributed by atoms with Crippen LogP contribution in [-0.2, 0) is 23.2 Å². The second-order valence-electron chi connectivity index (χ2n) is 7.26. The minimum atomic E-state index is -0.542. The molecule has 1 unspecified atom stereocenters. The fourth-order valence-corrected chi connectivity index (χ4v) is 4.17. The molecule has 4 rings (SSSR count). The molecule has 0 saturated carbocycles. The minimum Gasteiger partial charge on any atom is -0.457 e. The van der Waals surface area contributed by atoms with Crippen molar-refractivity contribution in [2.75, 3.05) is 0 Å². The standard InChI is InChI=1S/C21H19N5O5S/c1-12-4-9-17-16(10-12)19(27)24(3)21-23-22-18(25(17)21)11-31-20(28)13(2)32-15-7-5-14(6-8-15)26(29)30/h4-10,13H,11H2,1-3H3. The first kappa shape index (κ1) is 21.5. The number of non-ortho nitro benzene ring substituents is 1. The van der Waals surface area contributed by atoms with Crippen LogP contribution >= 0.6 is 11.8 Å². The molecule has 0 bridgehead atoms. The zero-order valence-corrected chi connectivity index (χ0v) is 18.3. The van der Waals surface area contributed by atoms with Crippen molar-refractivity contribution in [3.05, 3.63) is 74.3 Å². The van der Waals surface area contributed by atoms with E-state index in [0.717, 1.165) is 5.56 Å². The van der Waals surface area contributed by atoms with Crippen molar-refractivity contribution in [3.63, 3.8) is 0 Å². The summed E-state index contributed by atoms with van der Waals surface area (Å²) in [4.78, 5) is 36.2. The number of carbonyl (C=O) groups excluding carboxylic acids is 1. The molecule has 0 radical (unpaired) electrons. The molecule has 2 heterocycles. The van der Waals surface area contributed by atoms with Crippen LogP contribution in [0.1, 0.15) is 18.3 Å². The first-order valence-corrected chi connectivity index (χ1v) is 10.6. The van der Waals surface area contributed by atoms with E-state index in [4.69, 9.17) is 4.74 Å². The third kappa shape index (κ3) is 3.94. The molecule has 4 aromatic rings. The van der Waals surface area contributed by atoms with Crippen molar-refractivity contribution in [1.82, 2.24) is 19.2 Å². The van der Waals surface area contributed by atoms with E-state index >= 15 is 0 Å². The van der Waals surface area contributed by atoms with Crippen LogP contribution in [0.3, 0.4) is 0 Å². The summed E-state index contributed by atoms with van der Waals surface area (Å²) in [6.07, 6.45) is 0. The maximum Gasteiger partial charge on any atom is 0.319 e. The fourth-order valence-electron chi connectivity index (χ4n) is 3.30. The number of benzene rings is 2. The number of esters is 1. The lowest BCUT2D eigenvalue weighted by molar-refractivity contribution is -0.384. The number of nitrogens with zero attached hydrogens (tertiary/aromatic N) is 5. The summed E-state index contributed by atoms with van der Waals surface area (Å²) in [5, 5.41) is 19.0. The largest absolute Gasteiger partial charge is 0.457 e. The topological polar surface area (TPSA) is 122 Å². The van der Waals surface area contributed by atoms with Gasteiger partial charge >= 0.3 is 5.97 Å². The number of hydrogen-bond acceptors (Lipinski definition) is 8. The average Bonchev–Trinajstić information content (AvgIpc) is 3.20. The van der Waals surface area contributed by atoms with Crippen LogP contribution in [0.15, 0.2) is 52.2 Å². The molecule has 10 nitrogen and oxygen atoms in total. The van der Waals surface area contributed by atoms with Gasteiger partial charge in [0.2, 0.25) is 5.78 Å². The summed E-state index contributed by atoms with van der Waals surface area (Å²) >= 11 is 1.24. The average molecular weight is 453 g/mol. The number of nitro benzene ring substituents is 1. The molecule has 1 atom stereocenters. The number of aromatic nitrogens is 4. The molecule has 11 heteroatoms. The van der Waals surface area contributed by atoms with Crippen LogP contribution in [0.2, 0.25) is 0 Å². The molecule has 0 fully saturated rings. The lowest BCUT2D eigenvalue weighted by atomic mass is 10.1. The van der Waals surface area contributed by atoms with E-state index in [1.54, 1.807) is 36.6 Å². The third-order valence-electron chi connectivity index (χ3n) is 4.98. The van der Waals surface area contributed by atoms with Gasteiger partial charge in [0.15, 0.2) is 12.4 Å². The number of rotatable bonds is 6. The van der Waals surface area contributed by atoms with Gasteiger partial charge in [-0.25, -0.2) is 0 Å². The van der Waals surface area contributed by atoms with E-state index in [1.807, 2.05) is 19.1 Å². The number of hydrogen-bond donors (Lipinski definition) is 0. The van der Waals surface area contributed by atoms with Gasteiger partial charge in [-0.2, -0.15) is 0 Å². The van der Waals surface area contributed by atoms with Gasteiger partial charge in [-0.3, -0.25) is 28.7 Å². The Hall–Kier alpha value is -3.73. The van der Waals surface area contributed by atoms with Crippen LogP contribution in [0.25, 0.3) is 16.7 Å². The Morgan fingerprint density at radius 3 is 2.62 bits per heavy atom. The minimum absolute atomic E-state index is 0.0138. The number of thioether (sulfide) groups is 1. The lowest BCUT2D eigenvalue weighted by Crippen LogP contribution is -2.21. The van der Waals surface area contributed by atoms with Gasteiger partial charge in [0.1, 0.15) is 5.25 Å². The Labute approximate surface area is 186 Å². The second kappa shape index (κ2) is 8.42. The summed E-state index contributed by atoms with van der Waals surface area (Å²) in [7, 11) is 1.62. The molecule has 0 spiro atoms. The van der Waals surface area contributed by atoms with Crippen LogP contribution in [-0.4, -0.2) is 35.3 Å². The highest BCUT2D eigenvalue weighted by molar-refractivity contribution is 8.00. The fraction of sp³-hybridized carbons (Fsp3) is 0.238. The molecular formula is C21H19N5O5S. The summed E-state index contributed by atoms with van der Waals surface area (Å²) in [6, 6.07) is 11.5. The van der Waals surface area contributed by atoms with Crippen LogP contribution < -0.4 is 5.56 Å². The quantitative estimate of drug-likeness (QED) is 0.189. The van der Waals surface area contributed by atoms with E-state index in [2.05, 4.69) is 10.2 Å². The molecule has 164 valence electrons. The molecule has 2 aromatic heterocycles. The third-order valence-corrected chi connectivity index (χ3v) is 6.07. The smallest absolute Gasteiger partial charge is 0.319 e. The summed E-state index contributed by atoms with van der Waals surface area (Å²) < 4.78 is 8.57. The first-order valence-electron chi connectivity index (χ1n) is 9.67. The number of fused-ring (bicyclic) bond motifs is 3. The summed E-state index contributed by atoms with van der Waals surface area (Å²) in [6.45, 7) is 3.48. The van der Waals surface area contributed by atoms with Crippen molar-refractivity contribution in [3.8, 4) is 0 Å². The molecule has 0 aliphatic rings. The summed E-state index contributed by atoms with van der Waals surface area (Å²) in [5.74, 6) is 0.283. The van der Waals surface area contributed by atoms with Crippen molar-refractivity contribution >= 4 is 40.1 Å². The molecule has 0 amide bonds. The van der Waals surface area contributed by atoms with E-state index in [0.29, 0.717) is 27.4 Å². The van der Waals surface area contributed by atoms with Crippen molar-refractivity contribution in [2.45, 2.75) is 30.6 Å². The monoisotopic (exact) mass is 453 g/mol. The van der Waals surface area contributed by atoms with Crippen molar-refractivity contribution in [2.24, 2.45) is 7.05 Å². The molecule has 0 aliphatic heterocycles. The summed E-state index contributed by atoms with van der Waals surface area (Å²) in [5.41, 5.74) is 1.39. The van der Waals surface area contributed by atoms with Gasteiger partial charge in [-0.1, -0.05) is 11.6 Å². The number of carbonyl (C=O) groups is 1. The highest BCUT2D eigenvalue weighted by Gasteiger charge is 2.20. The zero-order valence-electron chi connectivity index (χ0n) is 17.5. The van der Waals surface area contributed by atoms with E-state index < -0.39 is 16.1 Å². The normalized spacial score (nSPS) is 12.2. The maximum absolute atomic E-state index is 12.6. The highest BCUT2D eigenvalue weighted by Crippen LogP contribution is 2.26. The Morgan fingerprint density at radius 1 is 1.22 bits per heavy atom. The van der Waals surface area contributed by atoms with E-state index in [9.17, 15) is 19.7 Å². The van der Waals surface area contributed by atoms with E-state index in [1.165, 1.54) is 28.5 Å². The number of aryl methyl sites for hydroxylation is 2. The highest BCUT2D eigenvalue weighted by atomic mass is 32.2. The van der Waals surface area contributed by atoms with Gasteiger partial charge in [0.25, 0.3) is 11.2 Å². The van der Waals surface area contributed by atoms with Crippen molar-refractivity contribution < 1.29 is 14.5 Å². The van der Waals surface area contributed by atoms with Gasteiger partial charge in [-0.05, 0) is 38.1 Å².